The molecule has 0 aliphatic carbocycles. The lowest BCUT2D eigenvalue weighted by Crippen LogP contribution is -2.20. The smallest absolute Gasteiger partial charge is 0.231 e. The number of ketones is 1. The Labute approximate surface area is 168 Å². The third kappa shape index (κ3) is 3.51. The van der Waals surface area contributed by atoms with Crippen LogP contribution in [0, 0.1) is 0 Å². The van der Waals surface area contributed by atoms with Crippen molar-refractivity contribution >= 4 is 29.0 Å². The third-order valence-corrected chi connectivity index (χ3v) is 5.17. The van der Waals surface area contributed by atoms with Crippen LogP contribution in [0.2, 0.25) is 5.02 Å². The van der Waals surface area contributed by atoms with Gasteiger partial charge in [0, 0.05) is 18.3 Å². The number of rotatable bonds is 5. The second-order valence-electron chi connectivity index (χ2n) is 6.70. The van der Waals surface area contributed by atoms with E-state index in [0.29, 0.717) is 22.8 Å². The summed E-state index contributed by atoms with van der Waals surface area (Å²) in [6.07, 6.45) is 0.320. The number of carbonyl (C=O) groups is 2. The molecule has 0 atom stereocenters. The zero-order chi connectivity index (χ0) is 19.7. The zero-order valence-electron chi connectivity index (χ0n) is 15.3. The molecule has 0 radical (unpaired) electrons. The number of Topliss-reactive ketones (excluding diaryl/α,β-unsaturated/α-hetero) is 1. The molecule has 0 saturated carbocycles. The molecule has 1 aliphatic heterocycles. The number of ether oxygens (including phenoxy) is 1. The first-order chi connectivity index (χ1) is 13.5. The first-order valence-electron chi connectivity index (χ1n) is 8.93. The van der Waals surface area contributed by atoms with Gasteiger partial charge in [-0.3, -0.25) is 9.59 Å². The predicted molar refractivity (Wildman–Crippen MR) is 110 cm³/mol. The molecule has 28 heavy (non-hydrogen) atoms. The minimum atomic E-state index is -0.159. The van der Waals surface area contributed by atoms with Crippen LogP contribution in [0.1, 0.15) is 15.9 Å². The first kappa shape index (κ1) is 18.3. The molecule has 4 nitrogen and oxygen atoms in total. The number of benzene rings is 3. The van der Waals surface area contributed by atoms with E-state index in [9.17, 15) is 9.59 Å². The minimum absolute atomic E-state index is 0.0288. The third-order valence-electron chi connectivity index (χ3n) is 4.88. The Balaban J connectivity index is 1.46. The molecule has 0 unspecified atom stereocenters. The van der Waals surface area contributed by atoms with Crippen LogP contribution >= 0.6 is 11.6 Å². The summed E-state index contributed by atoms with van der Waals surface area (Å²) in [7, 11) is 1.74. The molecule has 0 aromatic heterocycles. The van der Waals surface area contributed by atoms with Gasteiger partial charge in [-0.2, -0.15) is 0 Å². The van der Waals surface area contributed by atoms with Crippen molar-refractivity contribution in [2.45, 2.75) is 6.42 Å². The van der Waals surface area contributed by atoms with Crippen molar-refractivity contribution in [3.8, 4) is 16.9 Å². The molecule has 3 aromatic carbocycles. The van der Waals surface area contributed by atoms with Crippen molar-refractivity contribution in [2.75, 3.05) is 18.6 Å². The molecule has 0 N–H and O–H groups in total. The standard InChI is InChI=1S/C23H18ClNO3/c1-25-20-9-7-17(11-18(20)13-23(25)27)21(26)14-28-22-10-8-16(12-19(22)24)15-5-3-2-4-6-15/h2-12H,13-14H2,1H3. The summed E-state index contributed by atoms with van der Waals surface area (Å²) in [4.78, 5) is 25.9. The molecule has 3 aromatic rings. The van der Waals surface area contributed by atoms with Gasteiger partial charge in [-0.25, -0.2) is 0 Å². The monoisotopic (exact) mass is 391 g/mol. The van der Waals surface area contributed by atoms with Gasteiger partial charge >= 0.3 is 0 Å². The van der Waals surface area contributed by atoms with E-state index < -0.39 is 0 Å². The summed E-state index contributed by atoms with van der Waals surface area (Å²) in [5.41, 5.74) is 4.28. The maximum Gasteiger partial charge on any atom is 0.231 e. The van der Waals surface area contributed by atoms with E-state index >= 15 is 0 Å². The molecule has 1 aliphatic rings. The maximum atomic E-state index is 12.5. The number of fused-ring (bicyclic) bond motifs is 1. The Hall–Kier alpha value is -3.11. The van der Waals surface area contributed by atoms with E-state index in [2.05, 4.69) is 0 Å². The summed E-state index contributed by atoms with van der Waals surface area (Å²) >= 11 is 6.34. The molecular formula is C23H18ClNO3. The lowest BCUT2D eigenvalue weighted by atomic mass is 10.1. The lowest BCUT2D eigenvalue weighted by molar-refractivity contribution is -0.117. The number of hydrogen-bond donors (Lipinski definition) is 0. The van der Waals surface area contributed by atoms with Crippen LogP contribution in [0.25, 0.3) is 11.1 Å². The molecule has 4 rings (SSSR count). The number of amides is 1. The number of anilines is 1. The van der Waals surface area contributed by atoms with Gasteiger partial charge in [-0.1, -0.05) is 48.0 Å². The molecule has 140 valence electrons. The number of hydrogen-bond acceptors (Lipinski definition) is 3. The van der Waals surface area contributed by atoms with Gasteiger partial charge in [0.05, 0.1) is 11.4 Å². The quantitative estimate of drug-likeness (QED) is 0.587. The molecule has 0 saturated heterocycles. The van der Waals surface area contributed by atoms with Crippen LogP contribution in [0.3, 0.4) is 0 Å². The van der Waals surface area contributed by atoms with Gasteiger partial charge in [0.1, 0.15) is 5.75 Å². The fourth-order valence-electron chi connectivity index (χ4n) is 3.30. The molecular weight excluding hydrogens is 374 g/mol. The molecule has 0 fully saturated rings. The molecule has 1 amide bonds. The molecule has 5 heteroatoms. The average Bonchev–Trinajstić information content (AvgIpc) is 3.00. The largest absolute Gasteiger partial charge is 0.484 e. The fourth-order valence-corrected chi connectivity index (χ4v) is 3.53. The lowest BCUT2D eigenvalue weighted by Gasteiger charge is -2.11. The summed E-state index contributed by atoms with van der Waals surface area (Å²) in [5, 5.41) is 0.454. The first-order valence-corrected chi connectivity index (χ1v) is 9.31. The van der Waals surface area contributed by atoms with E-state index in [1.54, 1.807) is 36.2 Å². The van der Waals surface area contributed by atoms with E-state index in [-0.39, 0.29) is 18.3 Å². The van der Waals surface area contributed by atoms with Crippen molar-refractivity contribution in [3.63, 3.8) is 0 Å². The highest BCUT2D eigenvalue weighted by molar-refractivity contribution is 6.32. The Bertz CT molecular complexity index is 1060. The van der Waals surface area contributed by atoms with Gasteiger partial charge in [0.25, 0.3) is 0 Å². The van der Waals surface area contributed by atoms with Crippen molar-refractivity contribution in [3.05, 3.63) is 82.9 Å². The molecule has 1 heterocycles. The van der Waals surface area contributed by atoms with Crippen molar-refractivity contribution in [1.82, 2.24) is 0 Å². The van der Waals surface area contributed by atoms with Crippen molar-refractivity contribution in [2.24, 2.45) is 0 Å². The van der Waals surface area contributed by atoms with Crippen LogP contribution < -0.4 is 9.64 Å². The number of likely N-dealkylation sites (N-methyl/N-ethyl adjacent to an activating group) is 1. The highest BCUT2D eigenvalue weighted by Crippen LogP contribution is 2.31. The van der Waals surface area contributed by atoms with Crippen LogP contribution in [-0.4, -0.2) is 25.3 Å². The summed E-state index contributed by atoms with van der Waals surface area (Å²) in [6.45, 7) is -0.118. The second-order valence-corrected chi connectivity index (χ2v) is 7.10. The highest BCUT2D eigenvalue weighted by Gasteiger charge is 2.24. The van der Waals surface area contributed by atoms with E-state index in [4.69, 9.17) is 16.3 Å². The fraction of sp³-hybridized carbons (Fsp3) is 0.130. The minimum Gasteiger partial charge on any atom is -0.484 e. The Morgan fingerprint density at radius 3 is 2.57 bits per heavy atom. The van der Waals surface area contributed by atoms with E-state index in [1.165, 1.54) is 0 Å². The van der Waals surface area contributed by atoms with Crippen molar-refractivity contribution in [1.29, 1.82) is 0 Å². The highest BCUT2D eigenvalue weighted by atomic mass is 35.5. The zero-order valence-corrected chi connectivity index (χ0v) is 16.1. The van der Waals surface area contributed by atoms with Gasteiger partial charge in [0.15, 0.2) is 12.4 Å². The van der Waals surface area contributed by atoms with Crippen LogP contribution in [-0.2, 0) is 11.2 Å². The molecule has 0 spiro atoms. The van der Waals surface area contributed by atoms with Crippen LogP contribution in [0.4, 0.5) is 5.69 Å². The second kappa shape index (κ2) is 7.49. The van der Waals surface area contributed by atoms with Crippen LogP contribution in [0.15, 0.2) is 66.7 Å². The normalized spacial score (nSPS) is 12.8. The average molecular weight is 392 g/mol. The van der Waals surface area contributed by atoms with Gasteiger partial charge < -0.3 is 9.64 Å². The summed E-state index contributed by atoms with van der Waals surface area (Å²) in [6, 6.07) is 20.7. The Morgan fingerprint density at radius 1 is 1.04 bits per heavy atom. The SMILES string of the molecule is CN1C(=O)Cc2cc(C(=O)COc3ccc(-c4ccccc4)cc3Cl)ccc21. The maximum absolute atomic E-state index is 12.5. The predicted octanol–water partition coefficient (Wildman–Crippen LogP) is 4.79. The summed E-state index contributed by atoms with van der Waals surface area (Å²) < 4.78 is 5.65. The number of nitrogens with zero attached hydrogens (tertiary/aromatic N) is 1. The van der Waals surface area contributed by atoms with Crippen molar-refractivity contribution < 1.29 is 14.3 Å². The Morgan fingerprint density at radius 2 is 1.82 bits per heavy atom. The van der Waals surface area contributed by atoms with E-state index in [1.807, 2.05) is 42.5 Å². The summed E-state index contributed by atoms with van der Waals surface area (Å²) in [5.74, 6) is 0.333. The van der Waals surface area contributed by atoms with Gasteiger partial charge in [0.2, 0.25) is 5.91 Å². The topological polar surface area (TPSA) is 46.6 Å². The van der Waals surface area contributed by atoms with E-state index in [0.717, 1.165) is 22.4 Å². The van der Waals surface area contributed by atoms with Gasteiger partial charge in [-0.05, 0) is 47.0 Å². The number of halogens is 1. The van der Waals surface area contributed by atoms with Crippen LogP contribution in [0.5, 0.6) is 5.75 Å². The Kier molecular flexibility index (Phi) is 4.88. The molecule has 0 bridgehead atoms. The van der Waals surface area contributed by atoms with Gasteiger partial charge in [-0.15, -0.1) is 0 Å². The number of carbonyl (C=O) groups excluding carboxylic acids is 2.